The maximum Gasteiger partial charge on any atom is 0.177 e. The van der Waals surface area contributed by atoms with Crippen molar-refractivity contribution < 1.29 is 5.11 Å². The van der Waals surface area contributed by atoms with Crippen LogP contribution in [0.4, 0.5) is 0 Å². The Morgan fingerprint density at radius 1 is 1.10 bits per heavy atom. The van der Waals surface area contributed by atoms with Gasteiger partial charge >= 0.3 is 0 Å². The summed E-state index contributed by atoms with van der Waals surface area (Å²) in [6.07, 6.45) is 7.47. The van der Waals surface area contributed by atoms with Gasteiger partial charge in [-0.25, -0.2) is 4.98 Å². The van der Waals surface area contributed by atoms with Gasteiger partial charge in [0.15, 0.2) is 5.82 Å². The Kier molecular flexibility index (Phi) is 4.98. The van der Waals surface area contributed by atoms with E-state index in [1.54, 1.807) is 12.3 Å². The average molecular weight is 404 g/mol. The first-order valence-electron chi connectivity index (χ1n) is 10.3. The van der Waals surface area contributed by atoms with E-state index in [2.05, 4.69) is 54.8 Å². The normalized spacial score (nSPS) is 18.3. The monoisotopic (exact) mass is 403 g/mol. The fourth-order valence-corrected chi connectivity index (χ4v) is 4.70. The molecule has 0 atom stereocenters. The Balaban J connectivity index is 1.55. The quantitative estimate of drug-likeness (QED) is 0.666. The highest BCUT2D eigenvalue weighted by molar-refractivity contribution is 5.68. The number of aromatic hydroxyl groups is 1. The highest BCUT2D eigenvalue weighted by Crippen LogP contribution is 2.39. The Morgan fingerprint density at radius 2 is 1.77 bits per heavy atom. The summed E-state index contributed by atoms with van der Waals surface area (Å²) in [5, 5.41) is 22.9. The molecule has 1 aliphatic heterocycles. The molecule has 3 heterocycles. The lowest BCUT2D eigenvalue weighted by atomic mass is 9.73. The summed E-state index contributed by atoms with van der Waals surface area (Å²) in [5.74, 6) is 1.00. The number of phenols is 1. The molecule has 6 heteroatoms. The van der Waals surface area contributed by atoms with Gasteiger partial charge in [0.1, 0.15) is 11.4 Å². The lowest BCUT2D eigenvalue weighted by Crippen LogP contribution is -2.57. The maximum absolute atomic E-state index is 10.5. The topological polar surface area (TPSA) is 75.9 Å². The SMILES string of the molecule is C=C(c1ncc(-c2ccc(-n3cccc3)cc2O)nn1)C1CC(C)(C)NC(C)(C)C1. The van der Waals surface area contributed by atoms with E-state index < -0.39 is 0 Å². The van der Waals surface area contributed by atoms with Crippen molar-refractivity contribution in [2.24, 2.45) is 5.92 Å². The number of piperidine rings is 1. The molecule has 0 amide bonds. The molecule has 0 spiro atoms. The minimum atomic E-state index is 0.0238. The zero-order chi connectivity index (χ0) is 21.5. The van der Waals surface area contributed by atoms with Crippen molar-refractivity contribution in [2.75, 3.05) is 0 Å². The van der Waals surface area contributed by atoms with Gasteiger partial charge in [0, 0.05) is 40.8 Å². The Bertz CT molecular complexity index is 1040. The van der Waals surface area contributed by atoms with E-state index in [0.717, 1.165) is 24.1 Å². The summed E-state index contributed by atoms with van der Waals surface area (Å²) >= 11 is 0. The van der Waals surface area contributed by atoms with Crippen molar-refractivity contribution >= 4 is 5.57 Å². The minimum absolute atomic E-state index is 0.0238. The van der Waals surface area contributed by atoms with Crippen LogP contribution >= 0.6 is 0 Å². The summed E-state index contributed by atoms with van der Waals surface area (Å²) in [4.78, 5) is 4.53. The van der Waals surface area contributed by atoms with Crippen LogP contribution in [0.3, 0.4) is 0 Å². The summed E-state index contributed by atoms with van der Waals surface area (Å²) < 4.78 is 1.93. The molecule has 0 radical (unpaired) electrons. The van der Waals surface area contributed by atoms with Crippen molar-refractivity contribution in [3.63, 3.8) is 0 Å². The molecule has 156 valence electrons. The van der Waals surface area contributed by atoms with E-state index in [0.29, 0.717) is 17.1 Å². The fourth-order valence-electron chi connectivity index (χ4n) is 4.70. The Labute approximate surface area is 177 Å². The minimum Gasteiger partial charge on any atom is -0.507 e. The van der Waals surface area contributed by atoms with Crippen LogP contribution < -0.4 is 5.32 Å². The molecular weight excluding hydrogens is 374 g/mol. The van der Waals surface area contributed by atoms with Crippen molar-refractivity contribution in [3.8, 4) is 22.7 Å². The third-order valence-electron chi connectivity index (χ3n) is 5.69. The number of benzene rings is 1. The zero-order valence-electron chi connectivity index (χ0n) is 18.1. The van der Waals surface area contributed by atoms with Crippen molar-refractivity contribution in [2.45, 2.75) is 51.6 Å². The molecule has 4 rings (SSSR count). The van der Waals surface area contributed by atoms with Crippen molar-refractivity contribution in [3.05, 3.63) is 61.3 Å². The van der Waals surface area contributed by atoms with E-state index in [-0.39, 0.29) is 22.7 Å². The van der Waals surface area contributed by atoms with Crippen LogP contribution in [0.1, 0.15) is 46.4 Å². The van der Waals surface area contributed by atoms with Gasteiger partial charge in [-0.05, 0) is 76.3 Å². The van der Waals surface area contributed by atoms with Gasteiger partial charge in [-0.3, -0.25) is 0 Å². The highest BCUT2D eigenvalue weighted by atomic mass is 16.3. The lowest BCUT2D eigenvalue weighted by molar-refractivity contribution is 0.154. The van der Waals surface area contributed by atoms with E-state index in [4.69, 9.17) is 0 Å². The molecule has 2 aromatic heterocycles. The number of rotatable bonds is 4. The maximum atomic E-state index is 10.5. The molecule has 0 aliphatic carbocycles. The molecule has 1 aliphatic rings. The summed E-state index contributed by atoms with van der Waals surface area (Å²) in [5.41, 5.74) is 2.99. The number of nitrogens with one attached hydrogen (secondary N) is 1. The molecular formula is C24H29N5O. The summed E-state index contributed by atoms with van der Waals surface area (Å²) in [6, 6.07) is 9.36. The highest BCUT2D eigenvalue weighted by Gasteiger charge is 2.39. The number of nitrogens with zero attached hydrogens (tertiary/aromatic N) is 4. The molecule has 1 aromatic carbocycles. The largest absolute Gasteiger partial charge is 0.507 e. The van der Waals surface area contributed by atoms with Gasteiger partial charge in [0.25, 0.3) is 0 Å². The zero-order valence-corrected chi connectivity index (χ0v) is 18.1. The Morgan fingerprint density at radius 3 is 2.33 bits per heavy atom. The smallest absolute Gasteiger partial charge is 0.177 e. The summed E-state index contributed by atoms with van der Waals surface area (Å²) in [6.45, 7) is 13.2. The first-order valence-corrected chi connectivity index (χ1v) is 10.3. The molecule has 3 aromatic rings. The van der Waals surface area contributed by atoms with Gasteiger partial charge in [-0.15, -0.1) is 10.2 Å². The lowest BCUT2D eigenvalue weighted by Gasteiger charge is -2.46. The van der Waals surface area contributed by atoms with E-state index in [9.17, 15) is 5.11 Å². The van der Waals surface area contributed by atoms with E-state index >= 15 is 0 Å². The number of hydrogen-bond acceptors (Lipinski definition) is 5. The first kappa shape index (κ1) is 20.3. The number of aromatic nitrogens is 4. The number of hydrogen-bond donors (Lipinski definition) is 2. The predicted octanol–water partition coefficient (Wildman–Crippen LogP) is 4.60. The third-order valence-corrected chi connectivity index (χ3v) is 5.69. The molecule has 1 fully saturated rings. The molecule has 1 saturated heterocycles. The van der Waals surface area contributed by atoms with Crippen LogP contribution in [0.15, 0.2) is 55.5 Å². The second kappa shape index (κ2) is 7.36. The van der Waals surface area contributed by atoms with Gasteiger partial charge < -0.3 is 15.0 Å². The number of allylic oxidation sites excluding steroid dienone is 1. The average Bonchev–Trinajstić information content (AvgIpc) is 3.20. The van der Waals surface area contributed by atoms with Crippen molar-refractivity contribution in [1.29, 1.82) is 0 Å². The Hall–Kier alpha value is -2.99. The summed E-state index contributed by atoms with van der Waals surface area (Å²) in [7, 11) is 0. The second-order valence-corrected chi connectivity index (χ2v) is 9.48. The van der Waals surface area contributed by atoms with Crippen LogP contribution in [-0.4, -0.2) is 35.9 Å². The van der Waals surface area contributed by atoms with Crippen LogP contribution in [-0.2, 0) is 0 Å². The molecule has 2 N–H and O–H groups in total. The number of phenolic OH excluding ortho intramolecular Hbond substituents is 1. The standard InChI is InChI=1S/C24H29N5O/c1-16(17-13-23(2,3)28-24(4,5)14-17)22-25-15-20(26-27-22)19-9-8-18(12-21(19)30)29-10-6-7-11-29/h6-12,15,17,28,30H,1,13-14H2,2-5H3. The molecule has 0 bridgehead atoms. The fraction of sp³-hybridized carbons (Fsp3) is 0.375. The first-order chi connectivity index (χ1) is 14.1. The van der Waals surface area contributed by atoms with Gasteiger partial charge in [-0.1, -0.05) is 6.58 Å². The molecule has 6 nitrogen and oxygen atoms in total. The second-order valence-electron chi connectivity index (χ2n) is 9.48. The predicted molar refractivity (Wildman–Crippen MR) is 119 cm³/mol. The van der Waals surface area contributed by atoms with E-state index in [1.807, 2.05) is 41.2 Å². The molecule has 30 heavy (non-hydrogen) atoms. The van der Waals surface area contributed by atoms with Gasteiger partial charge in [-0.2, -0.15) is 0 Å². The van der Waals surface area contributed by atoms with Crippen LogP contribution in [0, 0.1) is 5.92 Å². The van der Waals surface area contributed by atoms with Gasteiger partial charge in [0.2, 0.25) is 0 Å². The van der Waals surface area contributed by atoms with E-state index in [1.165, 1.54) is 0 Å². The van der Waals surface area contributed by atoms with Crippen LogP contribution in [0.25, 0.3) is 22.5 Å². The molecule has 0 unspecified atom stereocenters. The van der Waals surface area contributed by atoms with Crippen LogP contribution in [0.5, 0.6) is 5.75 Å². The van der Waals surface area contributed by atoms with Crippen LogP contribution in [0.2, 0.25) is 0 Å². The third kappa shape index (κ3) is 4.14. The van der Waals surface area contributed by atoms with Gasteiger partial charge in [0.05, 0.1) is 6.20 Å². The molecule has 0 saturated carbocycles. The van der Waals surface area contributed by atoms with Crippen molar-refractivity contribution in [1.82, 2.24) is 25.1 Å².